The third-order valence-corrected chi connectivity index (χ3v) is 3.58. The van der Waals surface area contributed by atoms with Crippen LogP contribution in [0.2, 0.25) is 0 Å². The Labute approximate surface area is 141 Å². The predicted molar refractivity (Wildman–Crippen MR) is 89.9 cm³/mol. The molecule has 1 fully saturated rings. The van der Waals surface area contributed by atoms with Crippen LogP contribution >= 0.6 is 12.4 Å². The molecule has 2 heterocycles. The van der Waals surface area contributed by atoms with Crippen molar-refractivity contribution in [3.05, 3.63) is 48.3 Å². The summed E-state index contributed by atoms with van der Waals surface area (Å²) in [4.78, 5) is 11.9. The van der Waals surface area contributed by atoms with Gasteiger partial charge in [-0.05, 0) is 12.1 Å². The molecule has 1 aliphatic heterocycles. The monoisotopic (exact) mass is 336 g/mol. The summed E-state index contributed by atoms with van der Waals surface area (Å²) in [7, 11) is 0. The second-order valence-corrected chi connectivity index (χ2v) is 5.34. The largest absolute Gasteiger partial charge is 0.378 e. The molecule has 7 heteroatoms. The van der Waals surface area contributed by atoms with Gasteiger partial charge in [-0.2, -0.15) is 5.10 Å². The topological polar surface area (TPSA) is 68.2 Å². The van der Waals surface area contributed by atoms with Crippen molar-refractivity contribution < 1.29 is 9.53 Å². The van der Waals surface area contributed by atoms with Crippen LogP contribution in [-0.2, 0) is 16.1 Å². The van der Waals surface area contributed by atoms with Crippen molar-refractivity contribution in [1.29, 1.82) is 0 Å². The Kier molecular flexibility index (Phi) is 6.58. The first-order valence-electron chi connectivity index (χ1n) is 7.48. The fourth-order valence-electron chi connectivity index (χ4n) is 2.42. The number of rotatable bonds is 5. The third kappa shape index (κ3) is 5.06. The molecule has 1 saturated heterocycles. The highest BCUT2D eigenvalue weighted by molar-refractivity contribution is 5.85. The highest BCUT2D eigenvalue weighted by Gasteiger charge is 2.16. The lowest BCUT2D eigenvalue weighted by Gasteiger charge is -2.23. The fraction of sp³-hybridized carbons (Fsp3) is 0.375. The summed E-state index contributed by atoms with van der Waals surface area (Å²) in [6, 6.07) is 10.0. The molecule has 1 aromatic heterocycles. The minimum absolute atomic E-state index is 0. The molecule has 3 rings (SSSR count). The van der Waals surface area contributed by atoms with Gasteiger partial charge in [-0.1, -0.05) is 18.2 Å². The molecule has 0 saturated carbocycles. The maximum absolute atomic E-state index is 11.9. The summed E-state index contributed by atoms with van der Waals surface area (Å²) < 4.78 is 7.15. The van der Waals surface area contributed by atoms with E-state index >= 15 is 0 Å². The van der Waals surface area contributed by atoms with E-state index in [2.05, 4.69) is 15.7 Å². The fourth-order valence-corrected chi connectivity index (χ4v) is 2.42. The van der Waals surface area contributed by atoms with Crippen molar-refractivity contribution in [2.75, 3.05) is 19.8 Å². The van der Waals surface area contributed by atoms with Crippen LogP contribution in [0.1, 0.15) is 12.0 Å². The first-order chi connectivity index (χ1) is 10.8. The van der Waals surface area contributed by atoms with Crippen LogP contribution in [-0.4, -0.2) is 41.5 Å². The number of benzene rings is 1. The molecule has 1 aromatic carbocycles. The number of halogens is 1. The Morgan fingerprint density at radius 3 is 2.96 bits per heavy atom. The zero-order valence-corrected chi connectivity index (χ0v) is 13.6. The van der Waals surface area contributed by atoms with E-state index in [1.54, 1.807) is 10.9 Å². The molecule has 1 unspecified atom stereocenters. The van der Waals surface area contributed by atoms with Crippen molar-refractivity contribution in [2.24, 2.45) is 0 Å². The molecule has 1 aliphatic rings. The molecule has 6 nitrogen and oxygen atoms in total. The van der Waals surface area contributed by atoms with Gasteiger partial charge in [0.05, 0.1) is 25.1 Å². The Balaban J connectivity index is 0.00000192. The number of amides is 1. The van der Waals surface area contributed by atoms with Crippen molar-refractivity contribution >= 4 is 18.3 Å². The van der Waals surface area contributed by atoms with Gasteiger partial charge in [0.15, 0.2) is 0 Å². The average molecular weight is 337 g/mol. The van der Waals surface area contributed by atoms with Crippen LogP contribution in [0.5, 0.6) is 0 Å². The number of carbonyl (C=O) groups excluding carboxylic acids is 1. The molecular weight excluding hydrogens is 316 g/mol. The summed E-state index contributed by atoms with van der Waals surface area (Å²) in [5, 5.41) is 10.5. The first kappa shape index (κ1) is 17.5. The standard InChI is InChI=1S/C16H20N4O2.ClH/c21-16(8-14-12-22-7-6-17-14)18-9-13-10-19-20(11-13)15-4-2-1-3-5-15;/h1-5,10-11,14,17H,6-9,12H2,(H,18,21);1H. The van der Waals surface area contributed by atoms with E-state index in [-0.39, 0.29) is 24.4 Å². The third-order valence-electron chi connectivity index (χ3n) is 3.58. The average Bonchev–Trinajstić information content (AvgIpc) is 3.04. The first-order valence-corrected chi connectivity index (χ1v) is 7.48. The van der Waals surface area contributed by atoms with E-state index < -0.39 is 0 Å². The van der Waals surface area contributed by atoms with Crippen LogP contribution in [0.3, 0.4) is 0 Å². The molecule has 23 heavy (non-hydrogen) atoms. The summed E-state index contributed by atoms with van der Waals surface area (Å²) >= 11 is 0. The molecule has 0 spiro atoms. The molecule has 1 amide bonds. The summed E-state index contributed by atoms with van der Waals surface area (Å²) in [5.41, 5.74) is 1.98. The van der Waals surface area contributed by atoms with Gasteiger partial charge in [-0.25, -0.2) is 4.68 Å². The quantitative estimate of drug-likeness (QED) is 0.863. The number of nitrogens with zero attached hydrogens (tertiary/aromatic N) is 2. The van der Waals surface area contributed by atoms with Gasteiger partial charge in [0.1, 0.15) is 0 Å². The van der Waals surface area contributed by atoms with Gasteiger partial charge in [-0.15, -0.1) is 12.4 Å². The molecule has 0 bridgehead atoms. The van der Waals surface area contributed by atoms with Crippen molar-refractivity contribution in [3.63, 3.8) is 0 Å². The number of ether oxygens (including phenoxy) is 1. The van der Waals surface area contributed by atoms with Gasteiger partial charge >= 0.3 is 0 Å². The van der Waals surface area contributed by atoms with Gasteiger partial charge < -0.3 is 15.4 Å². The number of nitrogens with one attached hydrogen (secondary N) is 2. The summed E-state index contributed by atoms with van der Waals surface area (Å²) in [6.07, 6.45) is 4.14. The number of carbonyl (C=O) groups is 1. The number of para-hydroxylation sites is 1. The maximum Gasteiger partial charge on any atom is 0.221 e. The number of aromatic nitrogens is 2. The maximum atomic E-state index is 11.9. The zero-order chi connectivity index (χ0) is 15.2. The van der Waals surface area contributed by atoms with Gasteiger partial charge in [0.2, 0.25) is 5.91 Å². The molecule has 0 radical (unpaired) electrons. The van der Waals surface area contributed by atoms with Gasteiger partial charge in [-0.3, -0.25) is 4.79 Å². The van der Waals surface area contributed by atoms with Gasteiger partial charge in [0.25, 0.3) is 0 Å². The Bertz CT molecular complexity index is 612. The van der Waals surface area contributed by atoms with E-state index in [1.165, 1.54) is 0 Å². The number of hydrogen-bond donors (Lipinski definition) is 2. The lowest BCUT2D eigenvalue weighted by molar-refractivity contribution is -0.122. The highest BCUT2D eigenvalue weighted by Crippen LogP contribution is 2.07. The predicted octanol–water partition coefficient (Wildman–Crippen LogP) is 1.29. The highest BCUT2D eigenvalue weighted by atomic mass is 35.5. The summed E-state index contributed by atoms with van der Waals surface area (Å²) in [5.74, 6) is 0.0236. The number of morpholine rings is 1. The normalized spacial score (nSPS) is 17.3. The summed E-state index contributed by atoms with van der Waals surface area (Å²) in [6.45, 7) is 2.61. The molecule has 1 atom stereocenters. The Morgan fingerprint density at radius 2 is 2.22 bits per heavy atom. The van der Waals surface area contributed by atoms with E-state index in [1.807, 2.05) is 36.5 Å². The smallest absolute Gasteiger partial charge is 0.221 e. The van der Waals surface area contributed by atoms with Crippen LogP contribution < -0.4 is 10.6 Å². The van der Waals surface area contributed by atoms with Crippen LogP contribution in [0.4, 0.5) is 0 Å². The second kappa shape index (κ2) is 8.67. The Morgan fingerprint density at radius 1 is 1.39 bits per heavy atom. The zero-order valence-electron chi connectivity index (χ0n) is 12.8. The minimum Gasteiger partial charge on any atom is -0.378 e. The SMILES string of the molecule is Cl.O=C(CC1COCCN1)NCc1cnn(-c2ccccc2)c1. The van der Waals surface area contributed by atoms with Crippen molar-refractivity contribution in [3.8, 4) is 5.69 Å². The molecule has 2 aromatic rings. The molecular formula is C16H21ClN4O2. The molecule has 0 aliphatic carbocycles. The second-order valence-electron chi connectivity index (χ2n) is 5.34. The van der Waals surface area contributed by atoms with Crippen LogP contribution in [0.15, 0.2) is 42.7 Å². The van der Waals surface area contributed by atoms with Crippen molar-refractivity contribution in [2.45, 2.75) is 19.0 Å². The van der Waals surface area contributed by atoms with E-state index in [0.29, 0.717) is 19.6 Å². The van der Waals surface area contributed by atoms with E-state index in [9.17, 15) is 4.79 Å². The molecule has 124 valence electrons. The lowest BCUT2D eigenvalue weighted by Crippen LogP contribution is -2.44. The minimum atomic E-state index is 0. The number of hydrogen-bond acceptors (Lipinski definition) is 4. The molecule has 2 N–H and O–H groups in total. The van der Waals surface area contributed by atoms with Crippen LogP contribution in [0, 0.1) is 0 Å². The van der Waals surface area contributed by atoms with Crippen molar-refractivity contribution in [1.82, 2.24) is 20.4 Å². The van der Waals surface area contributed by atoms with Crippen LogP contribution in [0.25, 0.3) is 5.69 Å². The Hall–Kier alpha value is -1.89. The van der Waals surface area contributed by atoms with E-state index in [4.69, 9.17) is 4.74 Å². The van der Waals surface area contributed by atoms with E-state index in [0.717, 1.165) is 24.4 Å². The van der Waals surface area contributed by atoms with Gasteiger partial charge in [0, 0.05) is 37.3 Å². The lowest BCUT2D eigenvalue weighted by atomic mass is 10.2.